The number of carbonyl (C=O) groups is 1. The van der Waals surface area contributed by atoms with Crippen LogP contribution in [0.4, 0.5) is 0 Å². The molecule has 0 fully saturated rings. The molecule has 3 aromatic rings. The molecule has 2 aromatic heterocycles. The fraction of sp³-hybridized carbons (Fsp3) is 0.235. The number of ketones is 1. The van der Waals surface area contributed by atoms with Gasteiger partial charge in [0.2, 0.25) is 0 Å². The highest BCUT2D eigenvalue weighted by Gasteiger charge is 2.15. The van der Waals surface area contributed by atoms with Crippen molar-refractivity contribution in [2.45, 2.75) is 18.5 Å². The molecule has 0 radical (unpaired) electrons. The van der Waals surface area contributed by atoms with Gasteiger partial charge >= 0.3 is 0 Å². The molecule has 0 spiro atoms. The molecular formula is C17H17N3O2S2. The lowest BCUT2D eigenvalue weighted by molar-refractivity contribution is 0.102. The number of ether oxygens (including phenoxy) is 1. The Bertz CT molecular complexity index is 893. The van der Waals surface area contributed by atoms with Crippen LogP contribution in [0.15, 0.2) is 35.4 Å². The van der Waals surface area contributed by atoms with Crippen LogP contribution in [-0.2, 0) is 6.54 Å². The molecule has 7 heteroatoms. The molecule has 0 aliphatic heterocycles. The summed E-state index contributed by atoms with van der Waals surface area (Å²) in [4.78, 5) is 23.1. The van der Waals surface area contributed by atoms with Crippen molar-refractivity contribution in [1.82, 2.24) is 9.97 Å². The molecule has 24 heavy (non-hydrogen) atoms. The standard InChI is InChI=1S/C17H17N3O2S2/c1-10-19-12-4-3-5-14(22-2)16(12)17(20-10)23-9-13(21)15-7-6-11(8-18)24-15/h3-7H,8-9,18H2,1-2H3. The number of Topliss-reactive ketones (excluding diaryl/α,β-unsaturated/α-hetero) is 1. The van der Waals surface area contributed by atoms with E-state index in [0.717, 1.165) is 25.7 Å². The molecule has 0 aliphatic carbocycles. The van der Waals surface area contributed by atoms with Crippen molar-refractivity contribution in [1.29, 1.82) is 0 Å². The summed E-state index contributed by atoms with van der Waals surface area (Å²) >= 11 is 2.85. The van der Waals surface area contributed by atoms with Gasteiger partial charge in [-0.1, -0.05) is 17.8 Å². The highest BCUT2D eigenvalue weighted by atomic mass is 32.2. The molecular weight excluding hydrogens is 342 g/mol. The summed E-state index contributed by atoms with van der Waals surface area (Å²) in [5.41, 5.74) is 6.42. The number of nitrogens with two attached hydrogens (primary N) is 1. The lowest BCUT2D eigenvalue weighted by Crippen LogP contribution is -2.02. The van der Waals surface area contributed by atoms with E-state index in [1.807, 2.05) is 37.3 Å². The fourth-order valence-corrected chi connectivity index (χ4v) is 4.23. The second kappa shape index (κ2) is 7.29. The Hall–Kier alpha value is -1.96. The number of nitrogens with zero attached hydrogens (tertiary/aromatic N) is 2. The smallest absolute Gasteiger partial charge is 0.183 e. The van der Waals surface area contributed by atoms with Gasteiger partial charge in [0.25, 0.3) is 0 Å². The van der Waals surface area contributed by atoms with E-state index in [2.05, 4.69) is 9.97 Å². The van der Waals surface area contributed by atoms with E-state index in [-0.39, 0.29) is 5.78 Å². The SMILES string of the molecule is COc1cccc2nc(C)nc(SCC(=O)c3ccc(CN)s3)c12. The summed E-state index contributed by atoms with van der Waals surface area (Å²) < 4.78 is 5.43. The average Bonchev–Trinajstić information content (AvgIpc) is 3.07. The average molecular weight is 359 g/mol. The lowest BCUT2D eigenvalue weighted by Gasteiger charge is -2.09. The lowest BCUT2D eigenvalue weighted by atomic mass is 10.2. The topological polar surface area (TPSA) is 78.1 Å². The molecule has 2 N–H and O–H groups in total. The molecule has 2 heterocycles. The van der Waals surface area contributed by atoms with Crippen LogP contribution in [0.2, 0.25) is 0 Å². The van der Waals surface area contributed by atoms with Crippen LogP contribution < -0.4 is 10.5 Å². The van der Waals surface area contributed by atoms with Crippen LogP contribution in [0.5, 0.6) is 5.75 Å². The number of aromatic nitrogens is 2. The van der Waals surface area contributed by atoms with Crippen molar-refractivity contribution in [2.75, 3.05) is 12.9 Å². The van der Waals surface area contributed by atoms with Crippen LogP contribution in [0.3, 0.4) is 0 Å². The zero-order chi connectivity index (χ0) is 17.1. The fourth-order valence-electron chi connectivity index (χ4n) is 2.35. The number of rotatable bonds is 6. The largest absolute Gasteiger partial charge is 0.496 e. The van der Waals surface area contributed by atoms with Crippen LogP contribution >= 0.6 is 23.1 Å². The molecule has 3 rings (SSSR count). The van der Waals surface area contributed by atoms with E-state index in [1.54, 1.807) is 7.11 Å². The molecule has 0 saturated heterocycles. The van der Waals surface area contributed by atoms with E-state index in [4.69, 9.17) is 10.5 Å². The van der Waals surface area contributed by atoms with Crippen molar-refractivity contribution in [3.63, 3.8) is 0 Å². The van der Waals surface area contributed by atoms with Gasteiger partial charge in [0.15, 0.2) is 5.78 Å². The van der Waals surface area contributed by atoms with Crippen LogP contribution in [0.25, 0.3) is 10.9 Å². The maximum Gasteiger partial charge on any atom is 0.183 e. The molecule has 0 unspecified atom stereocenters. The third-order valence-corrected chi connectivity index (χ3v) is 5.59. The molecule has 5 nitrogen and oxygen atoms in total. The molecule has 0 bridgehead atoms. The van der Waals surface area contributed by atoms with Gasteiger partial charge in [-0.15, -0.1) is 11.3 Å². The Morgan fingerprint density at radius 2 is 2.12 bits per heavy atom. The summed E-state index contributed by atoms with van der Waals surface area (Å²) in [6.45, 7) is 2.30. The van der Waals surface area contributed by atoms with Crippen molar-refractivity contribution in [3.8, 4) is 5.75 Å². The number of carbonyl (C=O) groups excluding carboxylic acids is 1. The summed E-state index contributed by atoms with van der Waals surface area (Å²) in [6.07, 6.45) is 0. The quantitative estimate of drug-likeness (QED) is 0.413. The number of benzene rings is 1. The first-order chi connectivity index (χ1) is 11.6. The third-order valence-electron chi connectivity index (χ3n) is 3.46. The van der Waals surface area contributed by atoms with Crippen LogP contribution in [-0.4, -0.2) is 28.6 Å². The first-order valence-electron chi connectivity index (χ1n) is 7.38. The van der Waals surface area contributed by atoms with E-state index in [9.17, 15) is 4.79 Å². The van der Waals surface area contributed by atoms with Gasteiger partial charge < -0.3 is 10.5 Å². The summed E-state index contributed by atoms with van der Waals surface area (Å²) in [5.74, 6) is 1.77. The number of thiophene rings is 1. The van der Waals surface area contributed by atoms with Gasteiger partial charge in [0.1, 0.15) is 16.6 Å². The van der Waals surface area contributed by atoms with Gasteiger partial charge in [-0.25, -0.2) is 9.97 Å². The summed E-state index contributed by atoms with van der Waals surface area (Å²) in [5, 5.41) is 1.61. The first-order valence-corrected chi connectivity index (χ1v) is 9.18. The Morgan fingerprint density at radius 3 is 2.83 bits per heavy atom. The molecule has 0 saturated carbocycles. The zero-order valence-corrected chi connectivity index (χ0v) is 15.0. The highest BCUT2D eigenvalue weighted by Crippen LogP contribution is 2.33. The monoisotopic (exact) mass is 359 g/mol. The first kappa shape index (κ1) is 16.9. The summed E-state index contributed by atoms with van der Waals surface area (Å²) in [7, 11) is 1.62. The minimum atomic E-state index is 0.0732. The van der Waals surface area contributed by atoms with Gasteiger partial charge in [-0.2, -0.15) is 0 Å². The number of fused-ring (bicyclic) bond motifs is 1. The van der Waals surface area contributed by atoms with Gasteiger partial charge in [0, 0.05) is 11.4 Å². The Balaban J connectivity index is 1.88. The summed E-state index contributed by atoms with van der Waals surface area (Å²) in [6, 6.07) is 9.42. The molecule has 0 atom stereocenters. The Morgan fingerprint density at radius 1 is 1.29 bits per heavy atom. The van der Waals surface area contributed by atoms with E-state index in [1.165, 1.54) is 23.1 Å². The molecule has 0 aliphatic rings. The Kier molecular flexibility index (Phi) is 5.13. The zero-order valence-electron chi connectivity index (χ0n) is 13.4. The number of methoxy groups -OCH3 is 1. The normalized spacial score (nSPS) is 11.0. The third kappa shape index (κ3) is 3.43. The molecule has 0 amide bonds. The minimum Gasteiger partial charge on any atom is -0.496 e. The van der Waals surface area contributed by atoms with Gasteiger partial charge in [-0.05, 0) is 31.2 Å². The maximum atomic E-state index is 12.4. The number of hydrogen-bond donors (Lipinski definition) is 1. The van der Waals surface area contributed by atoms with E-state index >= 15 is 0 Å². The number of hydrogen-bond acceptors (Lipinski definition) is 7. The maximum absolute atomic E-state index is 12.4. The van der Waals surface area contributed by atoms with Gasteiger partial charge in [-0.3, -0.25) is 4.79 Å². The van der Waals surface area contributed by atoms with E-state index in [0.29, 0.717) is 23.9 Å². The predicted octanol–water partition coefficient (Wildman–Crippen LogP) is 3.44. The van der Waals surface area contributed by atoms with Crippen molar-refractivity contribution in [2.24, 2.45) is 5.73 Å². The number of thioether (sulfide) groups is 1. The van der Waals surface area contributed by atoms with Crippen molar-refractivity contribution in [3.05, 3.63) is 45.9 Å². The molecule has 1 aromatic carbocycles. The second-order valence-corrected chi connectivity index (χ2v) is 7.24. The van der Waals surface area contributed by atoms with Crippen LogP contribution in [0.1, 0.15) is 20.4 Å². The van der Waals surface area contributed by atoms with Crippen LogP contribution in [0, 0.1) is 6.92 Å². The predicted molar refractivity (Wildman–Crippen MR) is 98.1 cm³/mol. The molecule has 124 valence electrons. The van der Waals surface area contributed by atoms with Gasteiger partial charge in [0.05, 0.1) is 28.6 Å². The Labute approximate surface area is 148 Å². The van der Waals surface area contributed by atoms with Crippen molar-refractivity contribution >= 4 is 39.8 Å². The van der Waals surface area contributed by atoms with Crippen molar-refractivity contribution < 1.29 is 9.53 Å². The van der Waals surface area contributed by atoms with E-state index < -0.39 is 0 Å². The number of aryl methyl sites for hydroxylation is 1. The highest BCUT2D eigenvalue weighted by molar-refractivity contribution is 8.00. The second-order valence-electron chi connectivity index (χ2n) is 5.11. The minimum absolute atomic E-state index is 0.0732.